The zero-order chi connectivity index (χ0) is 46.0. The Morgan fingerprint density at radius 2 is 0.559 bits per heavy atom. The van der Waals surface area contributed by atoms with Crippen LogP contribution in [0.5, 0.6) is 0 Å². The number of hydrogen-bond acceptors (Lipinski definition) is 0. The van der Waals surface area contributed by atoms with Crippen molar-refractivity contribution >= 4 is 0 Å². The summed E-state index contributed by atoms with van der Waals surface area (Å²) in [6.07, 6.45) is 0. The highest BCUT2D eigenvalue weighted by molar-refractivity contribution is 5.98. The lowest BCUT2D eigenvalue weighted by atomic mass is 9.85. The van der Waals surface area contributed by atoms with E-state index in [9.17, 15) is 0 Å². The zero-order valence-electron chi connectivity index (χ0n) is 38.6. The standard InChI is InChI=1S/C66H51N2/c1-44-38-45(2)63(46(3)39-44)66(61-36-34-59(67-61)64-55(49-26-14-6-15-27-49)40-53(47-22-10-4-11-23-47)41-56(64)50-28-16-7-17-29-50)62-37-35-60(68-62)65-57(51-30-18-8-19-31-51)42-54(48-24-12-5-13-25-48)43-58(65)52-32-20-9-21-33-52/h4-43,67-68H,1-3H3/q+1. The lowest BCUT2D eigenvalue weighted by Gasteiger charge is -2.19. The monoisotopic (exact) mass is 871 g/mol. The maximum atomic E-state index is 4.07. The molecule has 0 fully saturated rings. The van der Waals surface area contributed by atoms with Crippen molar-refractivity contribution in [2.45, 2.75) is 20.8 Å². The van der Waals surface area contributed by atoms with Gasteiger partial charge >= 0.3 is 0 Å². The second kappa shape index (κ2) is 18.4. The average Bonchev–Trinajstić information content (AvgIpc) is 4.09. The molecule has 2 N–H and O–H groups in total. The van der Waals surface area contributed by atoms with Gasteiger partial charge < -0.3 is 9.97 Å². The molecule has 0 aliphatic carbocycles. The Bertz CT molecular complexity index is 3140. The van der Waals surface area contributed by atoms with E-state index in [1.165, 1.54) is 89.0 Å². The van der Waals surface area contributed by atoms with Crippen LogP contribution >= 0.6 is 0 Å². The lowest BCUT2D eigenvalue weighted by molar-refractivity contribution is 1.07. The molecule has 11 rings (SSSR count). The van der Waals surface area contributed by atoms with E-state index in [1.807, 2.05) is 0 Å². The molecule has 0 unspecified atom stereocenters. The van der Waals surface area contributed by atoms with E-state index < -0.39 is 0 Å². The fraction of sp³-hybridized carbons (Fsp3) is 0.0455. The van der Waals surface area contributed by atoms with Crippen molar-refractivity contribution in [1.29, 1.82) is 0 Å². The van der Waals surface area contributed by atoms with Gasteiger partial charge in [0.05, 0.1) is 17.0 Å². The molecule has 0 bridgehead atoms. The molecule has 2 nitrogen and oxygen atoms in total. The fourth-order valence-corrected chi connectivity index (χ4v) is 10.2. The summed E-state index contributed by atoms with van der Waals surface area (Å²) in [5.74, 6) is 1.13. The first-order valence-corrected chi connectivity index (χ1v) is 23.5. The Kier molecular flexibility index (Phi) is 11.4. The van der Waals surface area contributed by atoms with Crippen LogP contribution < -0.4 is 0 Å². The minimum Gasteiger partial charge on any atom is -0.341 e. The molecular formula is C66H51N2+. The molecule has 0 spiro atoms. The van der Waals surface area contributed by atoms with Gasteiger partial charge in [-0.05, 0) is 142 Å². The molecule has 0 saturated carbocycles. The highest BCUT2D eigenvalue weighted by atomic mass is 14.8. The van der Waals surface area contributed by atoms with Crippen LogP contribution in [-0.4, -0.2) is 9.97 Å². The van der Waals surface area contributed by atoms with Gasteiger partial charge in [0.1, 0.15) is 17.3 Å². The molecule has 68 heavy (non-hydrogen) atoms. The van der Waals surface area contributed by atoms with Crippen molar-refractivity contribution in [1.82, 2.24) is 9.97 Å². The quantitative estimate of drug-likeness (QED) is 0.121. The first kappa shape index (κ1) is 42.1. The summed E-state index contributed by atoms with van der Waals surface area (Å²) in [4.78, 5) is 8.13. The maximum Gasteiger partial charge on any atom is 0.117 e. The summed E-state index contributed by atoms with van der Waals surface area (Å²) in [7, 11) is 0. The molecule has 324 valence electrons. The van der Waals surface area contributed by atoms with Gasteiger partial charge in [-0.1, -0.05) is 182 Å². The van der Waals surface area contributed by atoms with Gasteiger partial charge in [-0.15, -0.1) is 0 Å². The molecule has 9 aromatic carbocycles. The van der Waals surface area contributed by atoms with Crippen molar-refractivity contribution in [3.8, 4) is 89.3 Å². The van der Waals surface area contributed by atoms with Crippen LogP contribution in [0.4, 0.5) is 0 Å². The number of aromatic amines is 2. The predicted octanol–water partition coefficient (Wildman–Crippen LogP) is 17.6. The summed E-state index contributed by atoms with van der Waals surface area (Å²) in [6, 6.07) is 87.9. The van der Waals surface area contributed by atoms with Gasteiger partial charge in [-0.3, -0.25) is 0 Å². The van der Waals surface area contributed by atoms with Crippen molar-refractivity contribution in [2.24, 2.45) is 0 Å². The van der Waals surface area contributed by atoms with Crippen LogP contribution in [-0.2, 0) is 0 Å². The third-order valence-electron chi connectivity index (χ3n) is 13.2. The minimum atomic E-state index is 1.04. The van der Waals surface area contributed by atoms with E-state index in [0.717, 1.165) is 39.8 Å². The molecule has 0 aliphatic heterocycles. The summed E-state index contributed by atoms with van der Waals surface area (Å²) in [6.45, 7) is 6.68. The highest BCUT2D eigenvalue weighted by Crippen LogP contribution is 2.47. The Labute approximate surface area is 400 Å². The molecule has 0 saturated heterocycles. The predicted molar refractivity (Wildman–Crippen MR) is 286 cm³/mol. The maximum absolute atomic E-state index is 4.07. The molecule has 2 heteroatoms. The van der Waals surface area contributed by atoms with E-state index in [0.29, 0.717) is 0 Å². The minimum absolute atomic E-state index is 1.04. The Balaban J connectivity index is 1.13. The Morgan fingerprint density at radius 1 is 0.279 bits per heavy atom. The largest absolute Gasteiger partial charge is 0.341 e. The topological polar surface area (TPSA) is 31.6 Å². The molecular weight excluding hydrogens is 821 g/mol. The SMILES string of the molecule is Cc1cc(C)c([C+](c2ccc(-c3c(-c4ccccc4)cc(-c4ccccc4)cc3-c3ccccc3)[nH]2)c2ccc(-c3c(-c4ccccc4)cc(-c4ccccc4)cc3-c3ccccc3)[nH]2)c(C)c1. The van der Waals surface area contributed by atoms with Gasteiger partial charge in [-0.25, -0.2) is 0 Å². The number of benzene rings is 9. The lowest BCUT2D eigenvalue weighted by Crippen LogP contribution is -2.10. The summed E-state index contributed by atoms with van der Waals surface area (Å²) < 4.78 is 0. The van der Waals surface area contributed by atoms with Gasteiger partial charge in [-0.2, -0.15) is 0 Å². The Morgan fingerprint density at radius 3 is 0.853 bits per heavy atom. The van der Waals surface area contributed by atoms with Crippen molar-refractivity contribution in [3.63, 3.8) is 0 Å². The third-order valence-corrected chi connectivity index (χ3v) is 13.2. The van der Waals surface area contributed by atoms with Crippen LogP contribution in [0.15, 0.2) is 243 Å². The first-order chi connectivity index (χ1) is 33.5. The van der Waals surface area contributed by atoms with Crippen molar-refractivity contribution < 1.29 is 0 Å². The number of H-pyrrole nitrogens is 2. The van der Waals surface area contributed by atoms with Crippen LogP contribution in [0.3, 0.4) is 0 Å². The van der Waals surface area contributed by atoms with E-state index in [4.69, 9.17) is 0 Å². The number of hydrogen-bond donors (Lipinski definition) is 2. The number of nitrogens with one attached hydrogen (secondary N) is 2. The van der Waals surface area contributed by atoms with E-state index >= 15 is 0 Å². The highest BCUT2D eigenvalue weighted by Gasteiger charge is 2.32. The smallest absolute Gasteiger partial charge is 0.117 e. The molecule has 2 heterocycles. The molecule has 2 aromatic heterocycles. The van der Waals surface area contributed by atoms with Crippen LogP contribution in [0.1, 0.15) is 33.6 Å². The van der Waals surface area contributed by atoms with Gasteiger partial charge in [0.2, 0.25) is 0 Å². The van der Waals surface area contributed by atoms with E-state index in [1.54, 1.807) is 0 Å². The second-order valence-corrected chi connectivity index (χ2v) is 17.8. The number of rotatable bonds is 11. The van der Waals surface area contributed by atoms with Crippen LogP contribution in [0.25, 0.3) is 89.3 Å². The fourth-order valence-electron chi connectivity index (χ4n) is 10.2. The average molecular weight is 872 g/mol. The molecule has 0 atom stereocenters. The number of aromatic nitrogens is 2. The molecule has 11 aromatic rings. The van der Waals surface area contributed by atoms with Crippen molar-refractivity contribution in [3.05, 3.63) is 282 Å². The first-order valence-electron chi connectivity index (χ1n) is 23.5. The third kappa shape index (κ3) is 8.18. The van der Waals surface area contributed by atoms with Crippen molar-refractivity contribution in [2.75, 3.05) is 0 Å². The Hall–Kier alpha value is -8.59. The van der Waals surface area contributed by atoms with Gasteiger partial charge in [0, 0.05) is 34.4 Å². The zero-order valence-corrected chi connectivity index (χ0v) is 38.6. The van der Waals surface area contributed by atoms with Gasteiger partial charge in [0.25, 0.3) is 0 Å². The van der Waals surface area contributed by atoms with Gasteiger partial charge in [0.15, 0.2) is 0 Å². The number of aryl methyl sites for hydroxylation is 3. The summed E-state index contributed by atoms with van der Waals surface area (Å²) in [5.41, 5.74) is 25.5. The normalized spacial score (nSPS) is 11.2. The molecule has 0 radical (unpaired) electrons. The molecule has 0 amide bonds. The van der Waals surface area contributed by atoms with E-state index in [2.05, 4.69) is 273 Å². The van der Waals surface area contributed by atoms with Crippen LogP contribution in [0, 0.1) is 26.7 Å². The van der Waals surface area contributed by atoms with Crippen LogP contribution in [0.2, 0.25) is 0 Å². The van der Waals surface area contributed by atoms with E-state index in [-0.39, 0.29) is 0 Å². The second-order valence-electron chi connectivity index (χ2n) is 17.8. The summed E-state index contributed by atoms with van der Waals surface area (Å²) in [5, 5.41) is 0. The summed E-state index contributed by atoms with van der Waals surface area (Å²) >= 11 is 0. The molecule has 0 aliphatic rings.